The molecule has 0 saturated carbocycles. The molecule has 0 N–H and O–H groups in total. The first kappa shape index (κ1) is 54.8. The fraction of sp³-hybridized carbons (Fsp3) is 0.536. The van der Waals surface area contributed by atoms with Gasteiger partial charge < -0.3 is 52.5 Å². The number of rotatable bonds is 31. The van der Waals surface area contributed by atoms with Crippen LogP contribution in [0.25, 0.3) is 4.85 Å². The predicted molar refractivity (Wildman–Crippen MR) is 271 cm³/mol. The van der Waals surface area contributed by atoms with Crippen LogP contribution >= 0.6 is 0 Å². The number of benzene rings is 4. The maximum atomic E-state index is 10.8. The molecule has 0 heterocycles. The Hall–Kier alpha value is -5.82. The normalized spacial score (nSPS) is 13.1. The number of nitrogens with zero attached hydrogens (tertiary/aromatic N) is 4. The van der Waals surface area contributed by atoms with E-state index in [9.17, 15) is 5.26 Å². The van der Waals surface area contributed by atoms with Crippen LogP contribution in [0.5, 0.6) is 46.0 Å². The molecule has 68 heavy (non-hydrogen) atoms. The minimum atomic E-state index is -0.707. The van der Waals surface area contributed by atoms with Crippen LogP contribution in [-0.2, 0) is 23.8 Å². The van der Waals surface area contributed by atoms with Gasteiger partial charge in [-0.1, -0.05) is 45.9 Å². The van der Waals surface area contributed by atoms with Crippen LogP contribution in [0.1, 0.15) is 88.5 Å². The molecular weight excluding hydrogens is 857 g/mol. The summed E-state index contributed by atoms with van der Waals surface area (Å²) in [4.78, 5) is 9.46. The van der Waals surface area contributed by atoms with Gasteiger partial charge in [-0.15, -0.1) is 0 Å². The number of hydrogen-bond donors (Lipinski definition) is 0. The molecule has 0 aliphatic heterocycles. The van der Waals surface area contributed by atoms with E-state index in [1.807, 2.05) is 48.5 Å². The first-order chi connectivity index (χ1) is 32.8. The molecule has 370 valence electrons. The second-order valence-corrected chi connectivity index (χ2v) is 18.0. The Bertz CT molecular complexity index is 2100. The molecule has 0 spiro atoms. The molecule has 0 saturated heterocycles. The summed E-state index contributed by atoms with van der Waals surface area (Å²) in [5.41, 5.74) is 2.86. The number of unbranched alkanes of at least 4 members (excludes halogenated alkanes) is 1. The van der Waals surface area contributed by atoms with Crippen molar-refractivity contribution in [2.24, 2.45) is 11.8 Å². The van der Waals surface area contributed by atoms with Crippen molar-refractivity contribution in [3.05, 3.63) is 106 Å². The van der Waals surface area contributed by atoms with Crippen molar-refractivity contribution in [2.45, 2.75) is 90.0 Å². The smallest absolute Gasteiger partial charge is 0.259 e. The summed E-state index contributed by atoms with van der Waals surface area (Å²) in [5.74, 6) is 5.60. The molecule has 0 aliphatic rings. The SMILES string of the molecule is [C-]#[N+]C(CCCN(CCCCN(CCCC(C#N)(c1ccc(OC)c(OC)c1)C(C)C)CCc1ccc(OC)c(OC)c1)CCc1ccc(OC)c(OC)c1)(c1ccc(OC)c(OC)c1)C(C)C. The number of nitriles is 1. The summed E-state index contributed by atoms with van der Waals surface area (Å²) < 4.78 is 44.7. The number of ether oxygens (including phenoxy) is 8. The monoisotopic (exact) mass is 935 g/mol. The Balaban J connectivity index is 1.54. The van der Waals surface area contributed by atoms with Crippen LogP contribution in [0.3, 0.4) is 0 Å². The average Bonchev–Trinajstić information content (AvgIpc) is 3.37. The molecule has 0 bridgehead atoms. The van der Waals surface area contributed by atoms with E-state index in [1.54, 1.807) is 56.9 Å². The summed E-state index contributed by atoms with van der Waals surface area (Å²) in [6, 6.07) is 26.8. The Labute approximate surface area is 408 Å². The minimum Gasteiger partial charge on any atom is -0.493 e. The van der Waals surface area contributed by atoms with Gasteiger partial charge in [0.05, 0.1) is 68.4 Å². The van der Waals surface area contributed by atoms with Crippen molar-refractivity contribution in [3.8, 4) is 52.1 Å². The first-order valence-corrected chi connectivity index (χ1v) is 24.0. The molecule has 0 aromatic heterocycles. The van der Waals surface area contributed by atoms with Crippen LogP contribution in [0, 0.1) is 29.7 Å². The fourth-order valence-electron chi connectivity index (χ4n) is 9.39. The van der Waals surface area contributed by atoms with E-state index >= 15 is 0 Å². The third kappa shape index (κ3) is 13.9. The lowest BCUT2D eigenvalue weighted by molar-refractivity contribution is 0.225. The van der Waals surface area contributed by atoms with Gasteiger partial charge in [0.2, 0.25) is 0 Å². The van der Waals surface area contributed by atoms with Gasteiger partial charge in [-0.05, 0) is 148 Å². The lowest BCUT2D eigenvalue weighted by Crippen LogP contribution is -2.34. The van der Waals surface area contributed by atoms with E-state index in [0.717, 1.165) is 100 Å². The molecule has 4 rings (SSSR count). The Kier molecular flexibility index (Phi) is 21.9. The van der Waals surface area contributed by atoms with Gasteiger partial charge in [-0.2, -0.15) is 5.26 Å². The van der Waals surface area contributed by atoms with Crippen molar-refractivity contribution >= 4 is 0 Å². The summed E-state index contributed by atoms with van der Waals surface area (Å²) >= 11 is 0. The highest BCUT2D eigenvalue weighted by atomic mass is 16.5. The molecule has 0 amide bonds. The van der Waals surface area contributed by atoms with Gasteiger partial charge in [0.1, 0.15) is 0 Å². The number of hydrogen-bond acceptors (Lipinski definition) is 11. The van der Waals surface area contributed by atoms with Crippen LogP contribution in [0.15, 0.2) is 72.8 Å². The highest BCUT2D eigenvalue weighted by Crippen LogP contribution is 2.43. The van der Waals surface area contributed by atoms with Crippen molar-refractivity contribution in [2.75, 3.05) is 96.1 Å². The third-order valence-electron chi connectivity index (χ3n) is 13.7. The van der Waals surface area contributed by atoms with Crippen LogP contribution < -0.4 is 37.9 Å². The molecule has 12 heteroatoms. The summed E-state index contributed by atoms with van der Waals surface area (Å²) in [5, 5.41) is 10.8. The lowest BCUT2D eigenvalue weighted by atomic mass is 9.69. The van der Waals surface area contributed by atoms with E-state index < -0.39 is 11.0 Å². The van der Waals surface area contributed by atoms with Gasteiger partial charge in [0.15, 0.2) is 46.0 Å². The molecule has 4 aromatic rings. The van der Waals surface area contributed by atoms with Gasteiger partial charge >= 0.3 is 0 Å². The molecule has 0 radical (unpaired) electrons. The Morgan fingerprint density at radius 1 is 0.471 bits per heavy atom. The van der Waals surface area contributed by atoms with Crippen molar-refractivity contribution in [1.82, 2.24) is 9.80 Å². The third-order valence-corrected chi connectivity index (χ3v) is 13.7. The number of methoxy groups -OCH3 is 8. The second-order valence-electron chi connectivity index (χ2n) is 18.0. The molecule has 2 unspecified atom stereocenters. The van der Waals surface area contributed by atoms with Gasteiger partial charge in [0, 0.05) is 31.0 Å². The van der Waals surface area contributed by atoms with E-state index in [1.165, 1.54) is 11.1 Å². The first-order valence-electron chi connectivity index (χ1n) is 24.0. The van der Waals surface area contributed by atoms with Crippen molar-refractivity contribution in [1.29, 1.82) is 5.26 Å². The quantitative estimate of drug-likeness (QED) is 0.0355. The molecule has 4 aromatic carbocycles. The van der Waals surface area contributed by atoms with Crippen LogP contribution in [0.4, 0.5) is 0 Å². The van der Waals surface area contributed by atoms with Gasteiger partial charge in [-0.25, -0.2) is 6.57 Å². The standard InChI is InChI=1S/C56H78N4O8/c1-41(2)55(40-57,45-20-24-49(63-8)53(38-45)67-12)28-16-32-59(34-26-43-18-22-47(61-6)51(36-43)65-10)30-14-15-31-60(35-27-44-19-23-48(62-7)52(37-44)66-11)33-17-29-56(58-5,42(3)4)46-21-25-50(64-9)54(39-46)68-13/h18-25,36-39,41-42H,14-17,26-35H2,1-4,6-13H3. The molecule has 0 fully saturated rings. The zero-order valence-electron chi connectivity index (χ0n) is 43.0. The highest BCUT2D eigenvalue weighted by Gasteiger charge is 2.43. The maximum Gasteiger partial charge on any atom is 0.259 e. The zero-order valence-corrected chi connectivity index (χ0v) is 43.0. The predicted octanol–water partition coefficient (Wildman–Crippen LogP) is 11.1. The van der Waals surface area contributed by atoms with Crippen molar-refractivity contribution in [3.63, 3.8) is 0 Å². The minimum absolute atomic E-state index is 0.0790. The maximum absolute atomic E-state index is 10.8. The molecule has 12 nitrogen and oxygen atoms in total. The molecule has 2 atom stereocenters. The Morgan fingerprint density at radius 3 is 1.22 bits per heavy atom. The van der Waals surface area contributed by atoms with E-state index in [4.69, 9.17) is 44.5 Å². The highest BCUT2D eigenvalue weighted by molar-refractivity contribution is 5.48. The summed E-state index contributed by atoms with van der Waals surface area (Å²) in [6.07, 6.45) is 6.83. The zero-order chi connectivity index (χ0) is 49.7. The van der Waals surface area contributed by atoms with Crippen LogP contribution in [-0.4, -0.2) is 106 Å². The lowest BCUT2D eigenvalue weighted by Gasteiger charge is -2.33. The van der Waals surface area contributed by atoms with Gasteiger partial charge in [-0.3, -0.25) is 0 Å². The Morgan fingerprint density at radius 2 is 0.838 bits per heavy atom. The van der Waals surface area contributed by atoms with E-state index in [-0.39, 0.29) is 11.8 Å². The topological polar surface area (TPSA) is 108 Å². The van der Waals surface area contributed by atoms with Gasteiger partial charge in [0.25, 0.3) is 5.54 Å². The van der Waals surface area contributed by atoms with E-state index in [0.29, 0.717) is 47.3 Å². The van der Waals surface area contributed by atoms with Crippen LogP contribution in [0.2, 0.25) is 0 Å². The second kappa shape index (κ2) is 27.2. The fourth-order valence-corrected chi connectivity index (χ4v) is 9.39. The summed E-state index contributed by atoms with van der Waals surface area (Å²) in [7, 11) is 13.2. The average molecular weight is 935 g/mol. The van der Waals surface area contributed by atoms with Crippen molar-refractivity contribution < 1.29 is 37.9 Å². The largest absolute Gasteiger partial charge is 0.493 e. The summed E-state index contributed by atoms with van der Waals surface area (Å²) in [6.45, 7) is 22.3. The molecule has 0 aliphatic carbocycles. The molecular formula is C56H78N4O8. The van der Waals surface area contributed by atoms with E-state index in [2.05, 4.69) is 72.7 Å².